The lowest BCUT2D eigenvalue weighted by Gasteiger charge is -2.42. The third-order valence-electron chi connectivity index (χ3n) is 11.2. The normalized spacial score (nSPS) is 15.8. The number of para-hydroxylation sites is 4. The summed E-state index contributed by atoms with van der Waals surface area (Å²) in [6.07, 6.45) is 7.72. The Morgan fingerprint density at radius 1 is 0.438 bits per heavy atom. The lowest BCUT2D eigenvalue weighted by Crippen LogP contribution is -2.27. The van der Waals surface area contributed by atoms with E-state index < -0.39 is 0 Å². The Morgan fingerprint density at radius 3 is 1.38 bits per heavy atom. The molecule has 0 aromatic heterocycles. The summed E-state index contributed by atoms with van der Waals surface area (Å²) in [5.74, 6) is 1.18. The molecule has 0 bridgehead atoms. The van der Waals surface area contributed by atoms with Crippen LogP contribution in [0.3, 0.4) is 0 Å². The standard InChI is InChI=1S/C46H42N2/c1-31-28-34(24-26-40(31)47-42-20-10-6-16-36(42)30-37-17-7-11-21-43(37)47)35-25-27-41(32(2)29-35)48-44-22-12-8-18-38(44)46(33-14-4-3-5-15-33)39-19-9-13-23-45(39)48/h6-13,16-29,33,46H,3-5,14-15,30H2,1-2H3. The predicted molar refractivity (Wildman–Crippen MR) is 202 cm³/mol. The molecule has 0 unspecified atom stereocenters. The third kappa shape index (κ3) is 4.77. The molecule has 236 valence electrons. The number of anilines is 6. The molecule has 0 N–H and O–H groups in total. The molecule has 0 radical (unpaired) electrons. The monoisotopic (exact) mass is 622 g/mol. The van der Waals surface area contributed by atoms with Crippen LogP contribution in [0.1, 0.15) is 71.4 Å². The second kappa shape index (κ2) is 11.9. The van der Waals surface area contributed by atoms with Gasteiger partial charge in [0.1, 0.15) is 0 Å². The van der Waals surface area contributed by atoms with Gasteiger partial charge in [-0.1, -0.05) is 104 Å². The van der Waals surface area contributed by atoms with Crippen molar-refractivity contribution < 1.29 is 0 Å². The molecule has 6 aromatic rings. The Kier molecular flexibility index (Phi) is 7.19. The number of hydrogen-bond acceptors (Lipinski definition) is 2. The van der Waals surface area contributed by atoms with Gasteiger partial charge >= 0.3 is 0 Å². The molecule has 1 fully saturated rings. The first-order chi connectivity index (χ1) is 23.7. The first-order valence-electron chi connectivity index (χ1n) is 17.8. The van der Waals surface area contributed by atoms with Crippen molar-refractivity contribution in [2.75, 3.05) is 9.80 Å². The van der Waals surface area contributed by atoms with Crippen LogP contribution in [0.2, 0.25) is 0 Å². The fraction of sp³-hybridized carbons (Fsp3) is 0.217. The Labute approximate surface area is 285 Å². The fourth-order valence-corrected chi connectivity index (χ4v) is 8.96. The maximum absolute atomic E-state index is 2.53. The molecule has 6 aromatic carbocycles. The Bertz CT molecular complexity index is 2060. The van der Waals surface area contributed by atoms with E-state index in [1.54, 1.807) is 0 Å². The minimum atomic E-state index is 0.467. The fourth-order valence-electron chi connectivity index (χ4n) is 8.96. The molecular weight excluding hydrogens is 581 g/mol. The van der Waals surface area contributed by atoms with Crippen molar-refractivity contribution in [3.05, 3.63) is 167 Å². The molecule has 0 atom stereocenters. The molecule has 2 heteroatoms. The van der Waals surface area contributed by atoms with Gasteiger partial charge < -0.3 is 9.80 Å². The molecule has 0 amide bonds. The highest BCUT2D eigenvalue weighted by molar-refractivity contribution is 5.88. The second-order valence-electron chi connectivity index (χ2n) is 14.1. The highest BCUT2D eigenvalue weighted by Gasteiger charge is 2.36. The maximum atomic E-state index is 2.53. The van der Waals surface area contributed by atoms with Crippen molar-refractivity contribution in [3.63, 3.8) is 0 Å². The van der Waals surface area contributed by atoms with Gasteiger partial charge in [-0.05, 0) is 126 Å². The van der Waals surface area contributed by atoms with E-state index in [0.717, 1.165) is 6.42 Å². The van der Waals surface area contributed by atoms with Crippen LogP contribution < -0.4 is 9.80 Å². The maximum Gasteiger partial charge on any atom is 0.0500 e. The van der Waals surface area contributed by atoms with Gasteiger partial charge in [-0.2, -0.15) is 0 Å². The van der Waals surface area contributed by atoms with E-state index in [9.17, 15) is 0 Å². The van der Waals surface area contributed by atoms with Gasteiger partial charge in [0.05, 0.1) is 0 Å². The summed E-state index contributed by atoms with van der Waals surface area (Å²) < 4.78 is 0. The van der Waals surface area contributed by atoms with E-state index in [-0.39, 0.29) is 0 Å². The Balaban J connectivity index is 1.09. The molecular formula is C46H42N2. The van der Waals surface area contributed by atoms with Crippen LogP contribution in [0, 0.1) is 19.8 Å². The lowest BCUT2D eigenvalue weighted by atomic mass is 9.71. The molecule has 9 rings (SSSR count). The summed E-state index contributed by atoms with van der Waals surface area (Å²) in [6, 6.07) is 50.1. The number of benzene rings is 6. The minimum absolute atomic E-state index is 0.467. The Hall–Kier alpha value is -5.08. The smallest absolute Gasteiger partial charge is 0.0500 e. The molecule has 1 aliphatic carbocycles. The van der Waals surface area contributed by atoms with Crippen molar-refractivity contribution >= 4 is 34.1 Å². The SMILES string of the molecule is Cc1cc(-c2ccc(N3c4ccccc4C(C4CCCCC4)c4ccccc43)c(C)c2)ccc1N1c2ccccc2Cc2ccccc21. The zero-order chi connectivity index (χ0) is 32.2. The molecule has 0 saturated heterocycles. The average molecular weight is 623 g/mol. The van der Waals surface area contributed by atoms with E-state index in [1.807, 2.05) is 0 Å². The van der Waals surface area contributed by atoms with Gasteiger partial charge in [0.2, 0.25) is 0 Å². The highest BCUT2D eigenvalue weighted by Crippen LogP contribution is 2.54. The number of nitrogens with zero attached hydrogens (tertiary/aromatic N) is 2. The molecule has 3 aliphatic rings. The van der Waals surface area contributed by atoms with E-state index in [0.29, 0.717) is 11.8 Å². The van der Waals surface area contributed by atoms with Gasteiger partial charge in [0.15, 0.2) is 0 Å². The number of aryl methyl sites for hydroxylation is 2. The predicted octanol–water partition coefficient (Wildman–Crippen LogP) is 12.8. The molecule has 2 aliphatic heterocycles. The second-order valence-corrected chi connectivity index (χ2v) is 14.1. The number of hydrogen-bond donors (Lipinski definition) is 0. The quantitative estimate of drug-likeness (QED) is 0.193. The van der Waals surface area contributed by atoms with Gasteiger partial charge in [-0.25, -0.2) is 0 Å². The van der Waals surface area contributed by atoms with Crippen LogP contribution >= 0.6 is 0 Å². The van der Waals surface area contributed by atoms with Crippen LogP contribution in [-0.4, -0.2) is 0 Å². The molecule has 2 nitrogen and oxygen atoms in total. The van der Waals surface area contributed by atoms with Crippen molar-refractivity contribution in [3.8, 4) is 11.1 Å². The van der Waals surface area contributed by atoms with Crippen molar-refractivity contribution in [1.82, 2.24) is 0 Å². The Morgan fingerprint density at radius 2 is 0.875 bits per heavy atom. The third-order valence-corrected chi connectivity index (χ3v) is 11.2. The first kappa shape index (κ1) is 29.1. The zero-order valence-corrected chi connectivity index (χ0v) is 28.0. The molecule has 2 heterocycles. The van der Waals surface area contributed by atoms with Crippen molar-refractivity contribution in [2.24, 2.45) is 5.92 Å². The van der Waals surface area contributed by atoms with E-state index in [4.69, 9.17) is 0 Å². The van der Waals surface area contributed by atoms with Gasteiger partial charge in [0.25, 0.3) is 0 Å². The largest absolute Gasteiger partial charge is 0.310 e. The summed E-state index contributed by atoms with van der Waals surface area (Å²) in [5.41, 5.74) is 18.5. The van der Waals surface area contributed by atoms with E-state index >= 15 is 0 Å². The summed E-state index contributed by atoms with van der Waals surface area (Å²) >= 11 is 0. The summed E-state index contributed by atoms with van der Waals surface area (Å²) in [6.45, 7) is 4.53. The summed E-state index contributed by atoms with van der Waals surface area (Å²) in [4.78, 5) is 4.98. The molecule has 1 saturated carbocycles. The van der Waals surface area contributed by atoms with Crippen LogP contribution in [0.5, 0.6) is 0 Å². The topological polar surface area (TPSA) is 6.48 Å². The molecule has 48 heavy (non-hydrogen) atoms. The lowest BCUT2D eigenvalue weighted by molar-refractivity contribution is 0.327. The minimum Gasteiger partial charge on any atom is -0.310 e. The zero-order valence-electron chi connectivity index (χ0n) is 28.0. The van der Waals surface area contributed by atoms with E-state index in [1.165, 1.54) is 111 Å². The van der Waals surface area contributed by atoms with Crippen molar-refractivity contribution in [2.45, 2.75) is 58.3 Å². The van der Waals surface area contributed by atoms with Crippen LogP contribution in [-0.2, 0) is 6.42 Å². The van der Waals surface area contributed by atoms with Crippen LogP contribution in [0.25, 0.3) is 11.1 Å². The number of rotatable bonds is 4. The molecule has 0 spiro atoms. The van der Waals surface area contributed by atoms with Crippen LogP contribution in [0.15, 0.2) is 133 Å². The van der Waals surface area contributed by atoms with E-state index in [2.05, 4.69) is 157 Å². The van der Waals surface area contributed by atoms with Gasteiger partial charge in [0, 0.05) is 46.5 Å². The summed E-state index contributed by atoms with van der Waals surface area (Å²) in [7, 11) is 0. The number of fused-ring (bicyclic) bond motifs is 4. The highest BCUT2D eigenvalue weighted by atomic mass is 15.2. The van der Waals surface area contributed by atoms with Crippen LogP contribution in [0.4, 0.5) is 34.1 Å². The van der Waals surface area contributed by atoms with Crippen molar-refractivity contribution in [1.29, 1.82) is 0 Å². The average Bonchev–Trinajstić information content (AvgIpc) is 3.13. The first-order valence-corrected chi connectivity index (χ1v) is 17.8. The summed E-state index contributed by atoms with van der Waals surface area (Å²) in [5, 5.41) is 0. The van der Waals surface area contributed by atoms with Gasteiger partial charge in [-0.15, -0.1) is 0 Å². The van der Waals surface area contributed by atoms with Gasteiger partial charge in [-0.3, -0.25) is 0 Å².